The van der Waals surface area contributed by atoms with Gasteiger partial charge in [0.1, 0.15) is 24.4 Å². The molecule has 1 unspecified atom stereocenters. The highest BCUT2D eigenvalue weighted by atomic mass is 79.9. The lowest BCUT2D eigenvalue weighted by molar-refractivity contribution is -0.163. The van der Waals surface area contributed by atoms with Gasteiger partial charge in [0.05, 0.1) is 25.2 Å². The number of fused-ring (bicyclic) bond motifs is 1. The van der Waals surface area contributed by atoms with Crippen molar-refractivity contribution in [1.82, 2.24) is 10.2 Å². The maximum absolute atomic E-state index is 14.3. The number of aliphatic hydroxyl groups excluding tert-OH is 1. The van der Waals surface area contributed by atoms with Crippen LogP contribution in [-0.4, -0.2) is 65.7 Å². The second-order valence-electron chi connectivity index (χ2n) is 8.24. The van der Waals surface area contributed by atoms with Crippen molar-refractivity contribution in [2.45, 2.75) is 62.9 Å². The maximum atomic E-state index is 14.3. The van der Waals surface area contributed by atoms with Crippen molar-refractivity contribution in [3.05, 3.63) is 34.3 Å². The Labute approximate surface area is 180 Å². The van der Waals surface area contributed by atoms with Crippen LogP contribution in [0.3, 0.4) is 0 Å². The molecule has 2 heterocycles. The Hall–Kier alpha value is -1.23. The molecule has 168 valence electrons. The number of nitrogens with one attached hydrogen (secondary N) is 1. The average molecular weight is 497 g/mol. The van der Waals surface area contributed by atoms with Gasteiger partial charge in [0.2, 0.25) is 5.91 Å². The number of amides is 1. The van der Waals surface area contributed by atoms with Crippen molar-refractivity contribution in [1.29, 1.82) is 0 Å². The van der Waals surface area contributed by atoms with E-state index in [-0.39, 0.29) is 31.1 Å². The molecule has 0 bridgehead atoms. The fourth-order valence-corrected chi connectivity index (χ4v) is 4.39. The van der Waals surface area contributed by atoms with Gasteiger partial charge in [-0.05, 0) is 30.0 Å². The van der Waals surface area contributed by atoms with Crippen LogP contribution in [-0.2, 0) is 9.53 Å². The molecule has 1 amide bonds. The standard InChI is InChI=1S/C20H25BrF4N2O3/c1-10(2)7-14(19(29)27-8-13(22)17-16(27)15(28)9-30-17)26-18(20(23,24)25)11-3-5-12(21)6-4-11/h3-6,10,13-18,26,28H,7-9H2,1-2H3/t13-,14-,15-,16?,17+,18-/m0/s1. The molecule has 5 nitrogen and oxygen atoms in total. The third-order valence-corrected chi connectivity index (χ3v) is 5.99. The lowest BCUT2D eigenvalue weighted by Gasteiger charge is -2.33. The van der Waals surface area contributed by atoms with Crippen LogP contribution in [0.1, 0.15) is 31.9 Å². The first kappa shape index (κ1) is 23.4. The Morgan fingerprint density at radius 2 is 1.97 bits per heavy atom. The van der Waals surface area contributed by atoms with Gasteiger partial charge in [-0.25, -0.2) is 4.39 Å². The number of carbonyl (C=O) groups excluding carboxylic acids is 1. The molecule has 2 aliphatic heterocycles. The molecule has 3 rings (SSSR count). The molecule has 1 aromatic carbocycles. The van der Waals surface area contributed by atoms with Gasteiger partial charge in [0, 0.05) is 4.47 Å². The average Bonchev–Trinajstić information content (AvgIpc) is 3.19. The molecule has 0 radical (unpaired) electrons. The van der Waals surface area contributed by atoms with E-state index in [9.17, 15) is 27.5 Å². The highest BCUT2D eigenvalue weighted by Crippen LogP contribution is 2.36. The van der Waals surface area contributed by atoms with Crippen LogP contribution in [0.5, 0.6) is 0 Å². The zero-order chi connectivity index (χ0) is 22.2. The second-order valence-corrected chi connectivity index (χ2v) is 9.15. The molecule has 0 aliphatic carbocycles. The summed E-state index contributed by atoms with van der Waals surface area (Å²) in [6, 6.07) is 1.52. The summed E-state index contributed by atoms with van der Waals surface area (Å²) in [5.74, 6) is -0.746. The summed E-state index contributed by atoms with van der Waals surface area (Å²) in [5.41, 5.74) is -0.0286. The number of ether oxygens (including phenoxy) is 1. The lowest BCUT2D eigenvalue weighted by Crippen LogP contribution is -2.54. The van der Waals surface area contributed by atoms with E-state index >= 15 is 0 Å². The van der Waals surface area contributed by atoms with E-state index in [1.807, 2.05) is 0 Å². The zero-order valence-corrected chi connectivity index (χ0v) is 18.2. The van der Waals surface area contributed by atoms with Crippen LogP contribution in [0.4, 0.5) is 17.6 Å². The quantitative estimate of drug-likeness (QED) is 0.592. The number of aliphatic hydroxyl groups is 1. The van der Waals surface area contributed by atoms with Gasteiger partial charge in [0.15, 0.2) is 0 Å². The van der Waals surface area contributed by atoms with E-state index in [1.165, 1.54) is 24.3 Å². The van der Waals surface area contributed by atoms with E-state index in [4.69, 9.17) is 4.74 Å². The van der Waals surface area contributed by atoms with Crippen LogP contribution < -0.4 is 5.32 Å². The summed E-state index contributed by atoms with van der Waals surface area (Å²) in [7, 11) is 0. The van der Waals surface area contributed by atoms with Gasteiger partial charge >= 0.3 is 6.18 Å². The number of alkyl halides is 4. The highest BCUT2D eigenvalue weighted by Gasteiger charge is 2.54. The lowest BCUT2D eigenvalue weighted by atomic mass is 9.98. The van der Waals surface area contributed by atoms with Gasteiger partial charge in [-0.3, -0.25) is 10.1 Å². The minimum Gasteiger partial charge on any atom is -0.388 e. The molecule has 0 saturated carbocycles. The third-order valence-electron chi connectivity index (χ3n) is 5.46. The normalized spacial score (nSPS) is 28.6. The molecule has 0 aromatic heterocycles. The molecule has 10 heteroatoms. The molecular weight excluding hydrogens is 472 g/mol. The van der Waals surface area contributed by atoms with Crippen LogP contribution in [0.2, 0.25) is 0 Å². The number of likely N-dealkylation sites (tertiary alicyclic amines) is 1. The van der Waals surface area contributed by atoms with Crippen LogP contribution in [0.25, 0.3) is 0 Å². The fraction of sp³-hybridized carbons (Fsp3) is 0.650. The Balaban J connectivity index is 1.87. The molecule has 30 heavy (non-hydrogen) atoms. The van der Waals surface area contributed by atoms with Crippen molar-refractivity contribution < 1.29 is 32.2 Å². The van der Waals surface area contributed by atoms with E-state index in [0.717, 1.165) is 4.90 Å². The molecule has 2 N–H and O–H groups in total. The summed E-state index contributed by atoms with van der Waals surface area (Å²) in [4.78, 5) is 14.4. The number of benzene rings is 1. The van der Waals surface area contributed by atoms with Crippen molar-refractivity contribution in [3.63, 3.8) is 0 Å². The van der Waals surface area contributed by atoms with Gasteiger partial charge in [-0.2, -0.15) is 13.2 Å². The molecule has 2 aliphatic rings. The first-order valence-electron chi connectivity index (χ1n) is 9.81. The Morgan fingerprint density at radius 3 is 2.53 bits per heavy atom. The summed E-state index contributed by atoms with van der Waals surface area (Å²) in [6.07, 6.45) is -8.02. The summed E-state index contributed by atoms with van der Waals surface area (Å²) in [6.45, 7) is 3.17. The van der Waals surface area contributed by atoms with Gasteiger partial charge < -0.3 is 14.7 Å². The van der Waals surface area contributed by atoms with Crippen molar-refractivity contribution in [2.24, 2.45) is 5.92 Å². The first-order valence-corrected chi connectivity index (χ1v) is 10.6. The molecule has 2 fully saturated rings. The molecule has 6 atom stereocenters. The zero-order valence-electron chi connectivity index (χ0n) is 16.6. The Kier molecular flexibility index (Phi) is 7.11. The molecule has 0 spiro atoms. The number of rotatable bonds is 6. The van der Waals surface area contributed by atoms with Gasteiger partial charge in [-0.15, -0.1) is 0 Å². The largest absolute Gasteiger partial charge is 0.407 e. The van der Waals surface area contributed by atoms with Crippen LogP contribution in [0.15, 0.2) is 28.7 Å². The van der Waals surface area contributed by atoms with Gasteiger partial charge in [-0.1, -0.05) is 41.9 Å². The van der Waals surface area contributed by atoms with E-state index in [1.54, 1.807) is 13.8 Å². The SMILES string of the molecule is CC(C)C[C@H](N[C@@H](c1ccc(Br)cc1)C(F)(F)F)C(=O)N1C[C@H](F)[C@H]2OC[C@H](O)C21. The van der Waals surface area contributed by atoms with Crippen molar-refractivity contribution in [2.75, 3.05) is 13.2 Å². The fourth-order valence-electron chi connectivity index (χ4n) is 4.13. The number of halogens is 5. The summed E-state index contributed by atoms with van der Waals surface area (Å²) in [5, 5.41) is 12.6. The number of nitrogens with zero attached hydrogens (tertiary/aromatic N) is 1. The first-order chi connectivity index (χ1) is 14.0. The highest BCUT2D eigenvalue weighted by molar-refractivity contribution is 9.10. The van der Waals surface area contributed by atoms with E-state index < -0.39 is 48.6 Å². The summed E-state index contributed by atoms with van der Waals surface area (Å²) >= 11 is 3.20. The van der Waals surface area contributed by atoms with Crippen molar-refractivity contribution in [3.8, 4) is 0 Å². The minimum absolute atomic E-state index is 0.0286. The second kappa shape index (κ2) is 9.10. The number of carbonyl (C=O) groups is 1. The maximum Gasteiger partial charge on any atom is 0.407 e. The topological polar surface area (TPSA) is 61.8 Å². The van der Waals surface area contributed by atoms with Crippen LogP contribution >= 0.6 is 15.9 Å². The molecular formula is C20H25BrF4N2O3. The smallest absolute Gasteiger partial charge is 0.388 e. The molecule has 2 saturated heterocycles. The molecule has 1 aromatic rings. The van der Waals surface area contributed by atoms with Gasteiger partial charge in [0.25, 0.3) is 0 Å². The van der Waals surface area contributed by atoms with E-state index in [2.05, 4.69) is 21.2 Å². The van der Waals surface area contributed by atoms with Crippen LogP contribution in [0, 0.1) is 5.92 Å². The Morgan fingerprint density at radius 1 is 1.33 bits per heavy atom. The number of hydrogen-bond donors (Lipinski definition) is 2. The minimum atomic E-state index is -4.64. The Bertz CT molecular complexity index is 747. The van der Waals surface area contributed by atoms with E-state index in [0.29, 0.717) is 4.47 Å². The monoisotopic (exact) mass is 496 g/mol. The third kappa shape index (κ3) is 4.98. The summed E-state index contributed by atoms with van der Waals surface area (Å²) < 4.78 is 61.8. The predicted octanol–water partition coefficient (Wildman–Crippen LogP) is 3.37. The van der Waals surface area contributed by atoms with Crippen molar-refractivity contribution >= 4 is 21.8 Å². The number of hydrogen-bond acceptors (Lipinski definition) is 4. The predicted molar refractivity (Wildman–Crippen MR) is 105 cm³/mol.